The molecule has 1 N–H and O–H groups in total. The number of amides is 1. The van der Waals surface area contributed by atoms with Crippen LogP contribution in [0.1, 0.15) is 41.2 Å². The second-order valence-electron chi connectivity index (χ2n) is 7.73. The Kier molecular flexibility index (Phi) is 5.78. The van der Waals surface area contributed by atoms with Crippen molar-refractivity contribution in [3.8, 4) is 0 Å². The Hall–Kier alpha value is -3.23. The zero-order valence-electron chi connectivity index (χ0n) is 17.3. The topological polar surface area (TPSA) is 108 Å². The maximum Gasteiger partial charge on any atom is 0.346 e. The second kappa shape index (κ2) is 8.64. The first-order valence-electron chi connectivity index (χ1n) is 10.3. The lowest BCUT2D eigenvalue weighted by atomic mass is 9.99. The van der Waals surface area contributed by atoms with Crippen molar-refractivity contribution >= 4 is 5.91 Å². The Balaban J connectivity index is 1.36. The summed E-state index contributed by atoms with van der Waals surface area (Å²) in [5, 5.41) is 11.5. The molecule has 30 heavy (non-hydrogen) atoms. The minimum absolute atomic E-state index is 0.0471. The minimum Gasteiger partial charge on any atom is -0.361 e. The highest BCUT2D eigenvalue weighted by molar-refractivity contribution is 5.78. The van der Waals surface area contributed by atoms with Crippen molar-refractivity contribution in [2.45, 2.75) is 52.6 Å². The summed E-state index contributed by atoms with van der Waals surface area (Å²) in [6.07, 6.45) is 6.19. The molecule has 4 heterocycles. The van der Waals surface area contributed by atoms with Crippen LogP contribution in [0.4, 0.5) is 0 Å². The number of rotatable bonds is 6. The summed E-state index contributed by atoms with van der Waals surface area (Å²) in [5.41, 5.74) is 2.65. The summed E-state index contributed by atoms with van der Waals surface area (Å²) in [4.78, 5) is 29.4. The van der Waals surface area contributed by atoms with E-state index in [0.717, 1.165) is 29.1 Å². The first kappa shape index (κ1) is 20.1. The number of hydrogen-bond donors (Lipinski definition) is 1. The number of fused-ring (bicyclic) bond motifs is 1. The molecule has 1 unspecified atom stereocenters. The van der Waals surface area contributed by atoms with E-state index in [1.54, 1.807) is 17.0 Å². The molecule has 0 radical (unpaired) electrons. The van der Waals surface area contributed by atoms with Crippen LogP contribution in [0.5, 0.6) is 0 Å². The molecule has 4 rings (SSSR count). The van der Waals surface area contributed by atoms with Crippen LogP contribution in [-0.4, -0.2) is 36.9 Å². The van der Waals surface area contributed by atoms with Crippen LogP contribution in [-0.2, 0) is 30.7 Å². The molecular weight excluding hydrogens is 384 g/mol. The van der Waals surface area contributed by atoms with Crippen LogP contribution in [0.3, 0.4) is 0 Å². The molecule has 9 nitrogen and oxygen atoms in total. The van der Waals surface area contributed by atoms with Gasteiger partial charge < -0.3 is 9.84 Å². The summed E-state index contributed by atoms with van der Waals surface area (Å²) < 4.78 is 8.35. The monoisotopic (exact) mass is 410 g/mol. The third-order valence-electron chi connectivity index (χ3n) is 5.74. The van der Waals surface area contributed by atoms with Crippen LogP contribution in [0.15, 0.2) is 33.8 Å². The summed E-state index contributed by atoms with van der Waals surface area (Å²) in [7, 11) is 0. The van der Waals surface area contributed by atoms with Crippen molar-refractivity contribution in [2.75, 3.05) is 6.54 Å². The predicted molar refractivity (Wildman–Crippen MR) is 109 cm³/mol. The van der Waals surface area contributed by atoms with E-state index in [1.807, 2.05) is 26.0 Å². The molecule has 0 fully saturated rings. The smallest absolute Gasteiger partial charge is 0.346 e. The lowest BCUT2D eigenvalue weighted by Gasteiger charge is -2.14. The highest BCUT2D eigenvalue weighted by Gasteiger charge is 2.25. The van der Waals surface area contributed by atoms with E-state index in [9.17, 15) is 9.59 Å². The quantitative estimate of drug-likeness (QED) is 0.658. The molecule has 0 saturated carbocycles. The van der Waals surface area contributed by atoms with Gasteiger partial charge in [0.1, 0.15) is 11.6 Å². The molecule has 0 saturated heterocycles. The molecule has 3 aromatic heterocycles. The minimum atomic E-state index is -0.149. The molecule has 9 heteroatoms. The van der Waals surface area contributed by atoms with Gasteiger partial charge in [0, 0.05) is 43.4 Å². The summed E-state index contributed by atoms with van der Waals surface area (Å²) in [6, 6.07) is 3.90. The number of hydrogen-bond acceptors (Lipinski definition) is 6. The van der Waals surface area contributed by atoms with Gasteiger partial charge >= 0.3 is 5.69 Å². The van der Waals surface area contributed by atoms with Crippen LogP contribution in [0.25, 0.3) is 0 Å². The fourth-order valence-corrected chi connectivity index (χ4v) is 3.89. The Bertz CT molecular complexity index is 1060. The summed E-state index contributed by atoms with van der Waals surface area (Å²) >= 11 is 0. The van der Waals surface area contributed by atoms with E-state index in [1.165, 1.54) is 4.68 Å². The number of aromatic nitrogens is 5. The Morgan fingerprint density at radius 3 is 2.80 bits per heavy atom. The average molecular weight is 410 g/mol. The van der Waals surface area contributed by atoms with Crippen molar-refractivity contribution in [3.63, 3.8) is 0 Å². The number of nitrogens with one attached hydrogen (secondary N) is 1. The standard InChI is InChI=1S/C21H26N6O3/c1-14-18(15(2)30-25-14)13-27-21(29)26-12-8-17(3-4-19(26)24-27)20(28)23-11-7-16-5-9-22-10-6-16/h5-6,9-10,17H,3-4,7-8,11-13H2,1-2H3,(H,23,28). The number of nitrogens with zero attached hydrogens (tertiary/aromatic N) is 5. The molecule has 0 aromatic carbocycles. The van der Waals surface area contributed by atoms with Crippen molar-refractivity contribution in [1.82, 2.24) is 29.8 Å². The third-order valence-corrected chi connectivity index (χ3v) is 5.74. The van der Waals surface area contributed by atoms with Crippen LogP contribution >= 0.6 is 0 Å². The largest absolute Gasteiger partial charge is 0.361 e. The molecule has 0 bridgehead atoms. The normalized spacial score (nSPS) is 16.1. The molecular formula is C21H26N6O3. The van der Waals surface area contributed by atoms with Gasteiger partial charge in [-0.3, -0.25) is 14.3 Å². The zero-order valence-corrected chi connectivity index (χ0v) is 17.3. The predicted octanol–water partition coefficient (Wildman–Crippen LogP) is 1.40. The van der Waals surface area contributed by atoms with E-state index < -0.39 is 0 Å². The number of pyridine rings is 1. The number of carbonyl (C=O) groups excluding carboxylic acids is 1. The van der Waals surface area contributed by atoms with Gasteiger partial charge in [-0.15, -0.1) is 0 Å². The van der Waals surface area contributed by atoms with Crippen molar-refractivity contribution in [3.05, 3.63) is 63.4 Å². The van der Waals surface area contributed by atoms with Crippen LogP contribution in [0, 0.1) is 19.8 Å². The van der Waals surface area contributed by atoms with Crippen molar-refractivity contribution < 1.29 is 9.32 Å². The molecule has 1 aliphatic heterocycles. The van der Waals surface area contributed by atoms with Gasteiger partial charge in [0.05, 0.1) is 12.2 Å². The van der Waals surface area contributed by atoms with Gasteiger partial charge in [-0.1, -0.05) is 5.16 Å². The van der Waals surface area contributed by atoms with Gasteiger partial charge in [-0.25, -0.2) is 9.48 Å². The molecule has 1 aliphatic rings. The lowest BCUT2D eigenvalue weighted by Crippen LogP contribution is -2.33. The van der Waals surface area contributed by atoms with Crippen molar-refractivity contribution in [2.24, 2.45) is 5.92 Å². The van der Waals surface area contributed by atoms with Gasteiger partial charge in [0.2, 0.25) is 5.91 Å². The van der Waals surface area contributed by atoms with Crippen LogP contribution in [0.2, 0.25) is 0 Å². The molecule has 0 spiro atoms. The Labute approximate surface area is 174 Å². The molecule has 3 aromatic rings. The lowest BCUT2D eigenvalue weighted by molar-refractivity contribution is -0.125. The van der Waals surface area contributed by atoms with E-state index in [-0.39, 0.29) is 17.5 Å². The highest BCUT2D eigenvalue weighted by Crippen LogP contribution is 2.19. The summed E-state index contributed by atoms with van der Waals surface area (Å²) in [6.45, 7) is 5.13. The average Bonchev–Trinajstić information content (AvgIpc) is 3.12. The second-order valence-corrected chi connectivity index (χ2v) is 7.73. The van der Waals surface area contributed by atoms with E-state index >= 15 is 0 Å². The molecule has 158 valence electrons. The van der Waals surface area contributed by atoms with Crippen LogP contribution < -0.4 is 11.0 Å². The maximum atomic E-state index is 12.8. The molecule has 1 amide bonds. The summed E-state index contributed by atoms with van der Waals surface area (Å²) in [5.74, 6) is 1.37. The van der Waals surface area contributed by atoms with Gasteiger partial charge in [-0.05, 0) is 50.8 Å². The fraction of sp³-hybridized carbons (Fsp3) is 0.476. The zero-order chi connectivity index (χ0) is 21.1. The van der Waals surface area contributed by atoms with Crippen molar-refractivity contribution in [1.29, 1.82) is 0 Å². The van der Waals surface area contributed by atoms with Gasteiger partial charge in [0.15, 0.2) is 0 Å². The van der Waals surface area contributed by atoms with E-state index in [0.29, 0.717) is 44.7 Å². The highest BCUT2D eigenvalue weighted by atomic mass is 16.5. The van der Waals surface area contributed by atoms with E-state index in [4.69, 9.17) is 4.52 Å². The fourth-order valence-electron chi connectivity index (χ4n) is 3.89. The van der Waals surface area contributed by atoms with Gasteiger partial charge in [-0.2, -0.15) is 5.10 Å². The number of aryl methyl sites for hydroxylation is 3. The third kappa shape index (κ3) is 4.19. The van der Waals surface area contributed by atoms with E-state index in [2.05, 4.69) is 20.6 Å². The van der Waals surface area contributed by atoms with Gasteiger partial charge in [0.25, 0.3) is 0 Å². The maximum absolute atomic E-state index is 12.8. The first-order chi connectivity index (χ1) is 14.5. The molecule has 0 aliphatic carbocycles. The first-order valence-corrected chi connectivity index (χ1v) is 10.3. The number of carbonyl (C=O) groups is 1. The Morgan fingerprint density at radius 2 is 2.07 bits per heavy atom. The molecule has 1 atom stereocenters. The Morgan fingerprint density at radius 1 is 1.27 bits per heavy atom. The SMILES string of the molecule is Cc1noc(C)c1Cn1nc2n(c1=O)CCC(C(=O)NCCc1ccncc1)CC2.